The molecule has 5 heterocycles. The fourth-order valence-electron chi connectivity index (χ4n) is 3.52. The van der Waals surface area contributed by atoms with Gasteiger partial charge in [-0.3, -0.25) is 4.98 Å². The van der Waals surface area contributed by atoms with E-state index >= 15 is 0 Å². The third-order valence-corrected chi connectivity index (χ3v) is 5.07. The maximum absolute atomic E-state index is 5.92. The van der Waals surface area contributed by atoms with Crippen molar-refractivity contribution in [1.29, 1.82) is 0 Å². The summed E-state index contributed by atoms with van der Waals surface area (Å²) in [6.07, 6.45) is 4.24. The summed E-state index contributed by atoms with van der Waals surface area (Å²) >= 11 is 0. The standard InChI is InChI=1S/C20H21N7O3/c1-12-8-16(26-30-12)19-24-23-18-9-17(28-2)20(25-27(18)19)29-11-14-6-5-13(10-22-14)15-4-3-7-21-15/h5-6,8-10,15,21H,3-4,7,11H2,1-2H3. The second kappa shape index (κ2) is 7.71. The first-order valence-corrected chi connectivity index (χ1v) is 9.76. The molecule has 1 N–H and O–H groups in total. The summed E-state index contributed by atoms with van der Waals surface area (Å²) < 4.78 is 18.0. The lowest BCUT2D eigenvalue weighted by molar-refractivity contribution is 0.264. The average Bonchev–Trinajstić information content (AvgIpc) is 3.52. The highest BCUT2D eigenvalue weighted by Crippen LogP contribution is 2.28. The Morgan fingerprint density at radius 1 is 1.27 bits per heavy atom. The first-order chi connectivity index (χ1) is 14.7. The molecule has 1 aliphatic heterocycles. The average molecular weight is 407 g/mol. The number of rotatable bonds is 6. The van der Waals surface area contributed by atoms with Crippen molar-refractivity contribution in [2.24, 2.45) is 0 Å². The predicted octanol–water partition coefficient (Wildman–Crippen LogP) is 2.49. The van der Waals surface area contributed by atoms with Gasteiger partial charge >= 0.3 is 0 Å². The molecule has 30 heavy (non-hydrogen) atoms. The molecule has 10 heteroatoms. The minimum atomic E-state index is 0.258. The molecule has 0 bridgehead atoms. The molecular formula is C20H21N7O3. The van der Waals surface area contributed by atoms with Gasteiger partial charge < -0.3 is 19.3 Å². The minimum Gasteiger partial charge on any atom is -0.491 e. The number of aryl methyl sites for hydroxylation is 1. The van der Waals surface area contributed by atoms with Gasteiger partial charge in [-0.05, 0) is 37.9 Å². The Bertz CT molecular complexity index is 1160. The largest absolute Gasteiger partial charge is 0.491 e. The number of fused-ring (bicyclic) bond motifs is 1. The first kappa shape index (κ1) is 18.5. The fraction of sp³-hybridized carbons (Fsp3) is 0.350. The van der Waals surface area contributed by atoms with Crippen molar-refractivity contribution in [3.8, 4) is 23.1 Å². The number of methoxy groups -OCH3 is 1. The summed E-state index contributed by atoms with van der Waals surface area (Å²) in [6, 6.07) is 7.95. The topological polar surface area (TPSA) is 112 Å². The Hall–Kier alpha value is -3.53. The van der Waals surface area contributed by atoms with Gasteiger partial charge in [0.05, 0.1) is 12.8 Å². The zero-order chi connectivity index (χ0) is 20.5. The van der Waals surface area contributed by atoms with E-state index in [1.165, 1.54) is 12.0 Å². The monoisotopic (exact) mass is 407 g/mol. The van der Waals surface area contributed by atoms with Gasteiger partial charge in [0.15, 0.2) is 17.1 Å². The predicted molar refractivity (Wildman–Crippen MR) is 106 cm³/mol. The summed E-state index contributed by atoms with van der Waals surface area (Å²) in [5.74, 6) is 1.91. The number of hydrogen-bond donors (Lipinski definition) is 1. The van der Waals surface area contributed by atoms with Crippen LogP contribution in [0.25, 0.3) is 17.2 Å². The van der Waals surface area contributed by atoms with Crippen molar-refractivity contribution in [3.63, 3.8) is 0 Å². The number of nitrogens with one attached hydrogen (secondary N) is 1. The number of ether oxygens (including phenoxy) is 2. The summed E-state index contributed by atoms with van der Waals surface area (Å²) in [5.41, 5.74) is 3.06. The van der Waals surface area contributed by atoms with Crippen molar-refractivity contribution in [1.82, 2.24) is 35.3 Å². The molecule has 0 amide bonds. The van der Waals surface area contributed by atoms with Crippen LogP contribution in [-0.4, -0.2) is 43.6 Å². The second-order valence-electron chi connectivity index (χ2n) is 7.15. The fourth-order valence-corrected chi connectivity index (χ4v) is 3.52. The molecule has 154 valence electrons. The summed E-state index contributed by atoms with van der Waals surface area (Å²) in [7, 11) is 1.56. The highest BCUT2D eigenvalue weighted by molar-refractivity contribution is 5.56. The Morgan fingerprint density at radius 3 is 2.90 bits per heavy atom. The molecule has 5 rings (SSSR count). The van der Waals surface area contributed by atoms with E-state index in [2.05, 4.69) is 36.8 Å². The summed E-state index contributed by atoms with van der Waals surface area (Å²) in [6.45, 7) is 3.13. The Morgan fingerprint density at radius 2 is 2.20 bits per heavy atom. The maximum atomic E-state index is 5.92. The van der Waals surface area contributed by atoms with E-state index in [1.54, 1.807) is 23.8 Å². The highest BCUT2D eigenvalue weighted by Gasteiger charge is 2.19. The Kier molecular flexibility index (Phi) is 4.75. The molecule has 1 unspecified atom stereocenters. The molecule has 4 aromatic rings. The van der Waals surface area contributed by atoms with Gasteiger partial charge in [0, 0.05) is 24.4 Å². The van der Waals surface area contributed by atoms with Crippen LogP contribution in [-0.2, 0) is 6.61 Å². The lowest BCUT2D eigenvalue weighted by atomic mass is 10.1. The van der Waals surface area contributed by atoms with Gasteiger partial charge in [-0.15, -0.1) is 15.3 Å². The van der Waals surface area contributed by atoms with Gasteiger partial charge in [-0.1, -0.05) is 11.2 Å². The van der Waals surface area contributed by atoms with Crippen LogP contribution >= 0.6 is 0 Å². The van der Waals surface area contributed by atoms with Gasteiger partial charge in [-0.2, -0.15) is 4.52 Å². The highest BCUT2D eigenvalue weighted by atomic mass is 16.5. The van der Waals surface area contributed by atoms with Gasteiger partial charge in [0.25, 0.3) is 5.88 Å². The van der Waals surface area contributed by atoms with Crippen LogP contribution in [0.2, 0.25) is 0 Å². The molecular weight excluding hydrogens is 386 g/mol. The molecule has 1 fully saturated rings. The molecule has 0 aliphatic carbocycles. The lowest BCUT2D eigenvalue weighted by Gasteiger charge is -2.12. The zero-order valence-electron chi connectivity index (χ0n) is 16.7. The minimum absolute atomic E-state index is 0.258. The van der Waals surface area contributed by atoms with Crippen molar-refractivity contribution >= 4 is 5.65 Å². The van der Waals surface area contributed by atoms with Crippen molar-refractivity contribution in [3.05, 3.63) is 47.5 Å². The normalized spacial score (nSPS) is 16.3. The third kappa shape index (κ3) is 3.45. The Balaban J connectivity index is 1.39. The van der Waals surface area contributed by atoms with E-state index in [-0.39, 0.29) is 6.61 Å². The van der Waals surface area contributed by atoms with Gasteiger partial charge in [0.2, 0.25) is 5.82 Å². The maximum Gasteiger partial charge on any atom is 0.275 e. The van der Waals surface area contributed by atoms with E-state index in [9.17, 15) is 0 Å². The molecule has 4 aromatic heterocycles. The van der Waals surface area contributed by atoms with E-state index in [0.29, 0.717) is 40.6 Å². The molecule has 0 spiro atoms. The summed E-state index contributed by atoms with van der Waals surface area (Å²) in [4.78, 5) is 4.53. The van der Waals surface area contributed by atoms with Crippen LogP contribution in [0.4, 0.5) is 0 Å². The van der Waals surface area contributed by atoms with E-state index < -0.39 is 0 Å². The molecule has 1 aliphatic rings. The number of nitrogens with zero attached hydrogens (tertiary/aromatic N) is 6. The van der Waals surface area contributed by atoms with E-state index in [4.69, 9.17) is 14.0 Å². The molecule has 1 atom stereocenters. The second-order valence-corrected chi connectivity index (χ2v) is 7.15. The van der Waals surface area contributed by atoms with Crippen LogP contribution in [0.3, 0.4) is 0 Å². The van der Waals surface area contributed by atoms with Crippen molar-refractivity contribution < 1.29 is 14.0 Å². The van der Waals surface area contributed by atoms with Crippen LogP contribution < -0.4 is 14.8 Å². The number of hydrogen-bond acceptors (Lipinski definition) is 9. The summed E-state index contributed by atoms with van der Waals surface area (Å²) in [5, 5.41) is 20.3. The Labute approximate surface area is 172 Å². The van der Waals surface area contributed by atoms with Gasteiger partial charge in [-0.25, -0.2) is 0 Å². The first-order valence-electron chi connectivity index (χ1n) is 9.76. The van der Waals surface area contributed by atoms with Crippen LogP contribution in [0.1, 0.15) is 35.9 Å². The van der Waals surface area contributed by atoms with Crippen LogP contribution in [0.5, 0.6) is 11.6 Å². The lowest BCUT2D eigenvalue weighted by Crippen LogP contribution is -2.13. The number of pyridine rings is 1. The molecule has 1 saturated heterocycles. The molecule has 10 nitrogen and oxygen atoms in total. The van der Waals surface area contributed by atoms with Gasteiger partial charge in [0.1, 0.15) is 12.4 Å². The number of aromatic nitrogens is 6. The van der Waals surface area contributed by atoms with E-state index in [0.717, 1.165) is 18.7 Å². The molecule has 0 saturated carbocycles. The molecule has 0 aromatic carbocycles. The van der Waals surface area contributed by atoms with Crippen molar-refractivity contribution in [2.75, 3.05) is 13.7 Å². The van der Waals surface area contributed by atoms with E-state index in [1.807, 2.05) is 19.2 Å². The molecule has 0 radical (unpaired) electrons. The van der Waals surface area contributed by atoms with Crippen LogP contribution in [0.15, 0.2) is 35.0 Å². The van der Waals surface area contributed by atoms with Crippen molar-refractivity contribution in [2.45, 2.75) is 32.4 Å². The van der Waals surface area contributed by atoms with Crippen LogP contribution in [0, 0.1) is 6.92 Å². The SMILES string of the molecule is COc1cc2nnc(-c3cc(C)on3)n2nc1OCc1ccc(C2CCCN2)cn1. The zero-order valence-corrected chi connectivity index (χ0v) is 16.7. The third-order valence-electron chi connectivity index (χ3n) is 5.07. The smallest absolute Gasteiger partial charge is 0.275 e. The quantitative estimate of drug-likeness (QED) is 0.515.